The van der Waals surface area contributed by atoms with Crippen LogP contribution in [0.25, 0.3) is 0 Å². The van der Waals surface area contributed by atoms with Crippen LogP contribution in [0.3, 0.4) is 0 Å². The van der Waals surface area contributed by atoms with E-state index in [9.17, 15) is 0 Å². The SMILES string of the molecule is Brc1ccc(SC2CNCCO2)cc1. The molecule has 1 aliphatic heterocycles. The van der Waals surface area contributed by atoms with Gasteiger partial charge in [-0.25, -0.2) is 0 Å². The largest absolute Gasteiger partial charge is 0.365 e. The number of nitrogens with one attached hydrogen (secondary N) is 1. The smallest absolute Gasteiger partial charge is 0.120 e. The van der Waals surface area contributed by atoms with Gasteiger partial charge in [0.25, 0.3) is 0 Å². The van der Waals surface area contributed by atoms with Crippen LogP contribution < -0.4 is 5.32 Å². The number of benzene rings is 1. The Morgan fingerprint density at radius 1 is 1.36 bits per heavy atom. The van der Waals surface area contributed by atoms with Crippen LogP contribution in [-0.2, 0) is 4.74 Å². The summed E-state index contributed by atoms with van der Waals surface area (Å²) in [5.74, 6) is 0. The van der Waals surface area contributed by atoms with Crippen molar-refractivity contribution in [1.29, 1.82) is 0 Å². The first kappa shape index (κ1) is 10.5. The molecule has 1 heterocycles. The second kappa shape index (κ2) is 5.16. The van der Waals surface area contributed by atoms with E-state index < -0.39 is 0 Å². The molecule has 0 amide bonds. The molecular weight excluding hydrogens is 262 g/mol. The molecule has 1 aromatic rings. The molecule has 0 aromatic heterocycles. The van der Waals surface area contributed by atoms with E-state index in [1.54, 1.807) is 11.8 Å². The number of morpholine rings is 1. The van der Waals surface area contributed by atoms with E-state index in [4.69, 9.17) is 4.74 Å². The van der Waals surface area contributed by atoms with Gasteiger partial charge in [0.15, 0.2) is 0 Å². The standard InChI is InChI=1S/C10H12BrNOS/c11-8-1-3-9(4-2-8)14-10-7-12-5-6-13-10/h1-4,10,12H,5-7H2. The summed E-state index contributed by atoms with van der Waals surface area (Å²) in [4.78, 5) is 1.25. The summed E-state index contributed by atoms with van der Waals surface area (Å²) >= 11 is 5.19. The monoisotopic (exact) mass is 273 g/mol. The first-order valence-electron chi connectivity index (χ1n) is 4.59. The predicted molar refractivity (Wildman–Crippen MR) is 62.6 cm³/mol. The van der Waals surface area contributed by atoms with Crippen molar-refractivity contribution in [3.05, 3.63) is 28.7 Å². The summed E-state index contributed by atoms with van der Waals surface area (Å²) in [7, 11) is 0. The lowest BCUT2D eigenvalue weighted by Crippen LogP contribution is -2.36. The molecule has 76 valence electrons. The van der Waals surface area contributed by atoms with E-state index in [0.717, 1.165) is 24.2 Å². The van der Waals surface area contributed by atoms with Gasteiger partial charge in [0.1, 0.15) is 5.44 Å². The summed E-state index contributed by atoms with van der Waals surface area (Å²) < 4.78 is 6.72. The summed E-state index contributed by atoms with van der Waals surface area (Å²) in [6, 6.07) is 8.32. The van der Waals surface area contributed by atoms with Gasteiger partial charge in [0, 0.05) is 22.5 Å². The molecule has 0 radical (unpaired) electrons. The van der Waals surface area contributed by atoms with Crippen molar-refractivity contribution in [3.8, 4) is 0 Å². The molecule has 0 saturated carbocycles. The van der Waals surface area contributed by atoms with Crippen molar-refractivity contribution in [2.75, 3.05) is 19.7 Å². The molecular formula is C10H12BrNOS. The quantitative estimate of drug-likeness (QED) is 0.895. The van der Waals surface area contributed by atoms with Crippen molar-refractivity contribution in [3.63, 3.8) is 0 Å². The van der Waals surface area contributed by atoms with Crippen LogP contribution in [0.5, 0.6) is 0 Å². The van der Waals surface area contributed by atoms with Gasteiger partial charge in [0.2, 0.25) is 0 Å². The van der Waals surface area contributed by atoms with Gasteiger partial charge >= 0.3 is 0 Å². The lowest BCUT2D eigenvalue weighted by atomic mass is 10.4. The molecule has 4 heteroatoms. The van der Waals surface area contributed by atoms with Crippen LogP contribution in [0.4, 0.5) is 0 Å². The van der Waals surface area contributed by atoms with Crippen LogP contribution >= 0.6 is 27.7 Å². The summed E-state index contributed by atoms with van der Waals surface area (Å²) in [5, 5.41) is 3.31. The first-order valence-corrected chi connectivity index (χ1v) is 6.26. The summed E-state index contributed by atoms with van der Waals surface area (Å²) in [6.45, 7) is 2.71. The van der Waals surface area contributed by atoms with Gasteiger partial charge in [-0.3, -0.25) is 0 Å². The van der Waals surface area contributed by atoms with Gasteiger partial charge < -0.3 is 10.1 Å². The zero-order chi connectivity index (χ0) is 9.80. The molecule has 1 aromatic carbocycles. The fraction of sp³-hybridized carbons (Fsp3) is 0.400. The molecule has 1 N–H and O–H groups in total. The molecule has 0 aliphatic carbocycles. The molecule has 1 atom stereocenters. The minimum absolute atomic E-state index is 0.255. The van der Waals surface area contributed by atoms with E-state index in [0.29, 0.717) is 0 Å². The lowest BCUT2D eigenvalue weighted by molar-refractivity contribution is 0.0853. The number of ether oxygens (including phenoxy) is 1. The van der Waals surface area contributed by atoms with Crippen molar-refractivity contribution >= 4 is 27.7 Å². The summed E-state index contributed by atoms with van der Waals surface area (Å²) in [5.41, 5.74) is 0.255. The molecule has 1 fully saturated rings. The third kappa shape index (κ3) is 2.98. The highest BCUT2D eigenvalue weighted by Gasteiger charge is 2.13. The number of hydrogen-bond donors (Lipinski definition) is 1. The van der Waals surface area contributed by atoms with E-state index in [1.165, 1.54) is 4.90 Å². The van der Waals surface area contributed by atoms with Gasteiger partial charge in [-0.15, -0.1) is 0 Å². The van der Waals surface area contributed by atoms with Crippen LogP contribution in [0, 0.1) is 0 Å². The number of halogens is 1. The van der Waals surface area contributed by atoms with Crippen molar-refractivity contribution in [2.24, 2.45) is 0 Å². The average molecular weight is 274 g/mol. The molecule has 1 saturated heterocycles. The molecule has 1 aliphatic rings. The number of rotatable bonds is 2. The molecule has 1 unspecified atom stereocenters. The minimum Gasteiger partial charge on any atom is -0.365 e. The summed E-state index contributed by atoms with van der Waals surface area (Å²) in [6.07, 6.45) is 0. The van der Waals surface area contributed by atoms with Crippen molar-refractivity contribution < 1.29 is 4.74 Å². The Morgan fingerprint density at radius 2 is 2.14 bits per heavy atom. The second-order valence-corrected chi connectivity index (χ2v) is 5.22. The van der Waals surface area contributed by atoms with Crippen LogP contribution in [0.2, 0.25) is 0 Å². The van der Waals surface area contributed by atoms with Gasteiger partial charge in [-0.05, 0) is 24.3 Å². The van der Waals surface area contributed by atoms with E-state index in [-0.39, 0.29) is 5.44 Å². The lowest BCUT2D eigenvalue weighted by Gasteiger charge is -2.22. The zero-order valence-corrected chi connectivity index (χ0v) is 10.1. The minimum atomic E-state index is 0.255. The van der Waals surface area contributed by atoms with Crippen molar-refractivity contribution in [1.82, 2.24) is 5.32 Å². The average Bonchev–Trinajstić information content (AvgIpc) is 2.23. The van der Waals surface area contributed by atoms with Gasteiger partial charge in [-0.2, -0.15) is 0 Å². The Morgan fingerprint density at radius 3 is 2.79 bits per heavy atom. The van der Waals surface area contributed by atoms with E-state index in [1.807, 2.05) is 0 Å². The number of hydrogen-bond acceptors (Lipinski definition) is 3. The maximum Gasteiger partial charge on any atom is 0.120 e. The highest BCUT2D eigenvalue weighted by atomic mass is 79.9. The predicted octanol–water partition coefficient (Wildman–Crippen LogP) is 2.49. The third-order valence-electron chi connectivity index (χ3n) is 1.97. The van der Waals surface area contributed by atoms with Gasteiger partial charge in [0.05, 0.1) is 6.61 Å². The van der Waals surface area contributed by atoms with Crippen LogP contribution in [-0.4, -0.2) is 25.1 Å². The van der Waals surface area contributed by atoms with Crippen LogP contribution in [0.15, 0.2) is 33.6 Å². The third-order valence-corrected chi connectivity index (χ3v) is 3.61. The Labute approximate surface area is 96.5 Å². The van der Waals surface area contributed by atoms with Crippen LogP contribution in [0.1, 0.15) is 0 Å². The maximum atomic E-state index is 5.60. The molecule has 0 spiro atoms. The fourth-order valence-electron chi connectivity index (χ4n) is 1.28. The Bertz CT molecular complexity index is 285. The number of thioether (sulfide) groups is 1. The Kier molecular flexibility index (Phi) is 3.87. The highest BCUT2D eigenvalue weighted by Crippen LogP contribution is 2.25. The molecule has 14 heavy (non-hydrogen) atoms. The molecule has 0 bridgehead atoms. The Hall–Kier alpha value is -0.0300. The first-order chi connectivity index (χ1) is 6.84. The normalized spacial score (nSPS) is 22.2. The highest BCUT2D eigenvalue weighted by molar-refractivity contribution is 9.10. The van der Waals surface area contributed by atoms with Gasteiger partial charge in [-0.1, -0.05) is 27.7 Å². The fourth-order valence-corrected chi connectivity index (χ4v) is 2.51. The van der Waals surface area contributed by atoms with E-state index >= 15 is 0 Å². The topological polar surface area (TPSA) is 21.3 Å². The van der Waals surface area contributed by atoms with E-state index in [2.05, 4.69) is 45.5 Å². The second-order valence-electron chi connectivity index (χ2n) is 3.08. The maximum absolute atomic E-state index is 5.60. The Balaban J connectivity index is 1.92. The molecule has 2 nitrogen and oxygen atoms in total. The zero-order valence-electron chi connectivity index (χ0n) is 7.70. The van der Waals surface area contributed by atoms with Crippen molar-refractivity contribution in [2.45, 2.75) is 10.3 Å². The molecule has 2 rings (SSSR count).